The maximum Gasteiger partial charge on any atom is 0.138 e. The van der Waals surface area contributed by atoms with Gasteiger partial charge in [0.25, 0.3) is 0 Å². The Morgan fingerprint density at radius 3 is 1.80 bits per heavy atom. The molecule has 0 saturated heterocycles. The quantitative estimate of drug-likeness (QED) is 0.657. The molecule has 2 rings (SSSR count). The maximum atomic E-state index is 5.67. The van der Waals surface area contributed by atoms with E-state index in [0.717, 1.165) is 24.0 Å². The molecule has 2 radical (unpaired) electrons. The molecule has 2 aliphatic carbocycles. The fourth-order valence-corrected chi connectivity index (χ4v) is 1.37. The van der Waals surface area contributed by atoms with Crippen LogP contribution < -0.4 is 0 Å². The fraction of sp³-hybridized carbons (Fsp3) is 0.143. The van der Waals surface area contributed by atoms with Gasteiger partial charge < -0.3 is 4.74 Å². The van der Waals surface area contributed by atoms with Crippen LogP contribution in [0.5, 0.6) is 0 Å². The average Bonchev–Trinajstić information content (AvgIpc) is 2.24. The van der Waals surface area contributed by atoms with Crippen molar-refractivity contribution >= 4 is 0 Å². The van der Waals surface area contributed by atoms with Gasteiger partial charge in [0.15, 0.2) is 0 Å². The van der Waals surface area contributed by atoms with Gasteiger partial charge in [-0.1, -0.05) is 37.5 Å². The van der Waals surface area contributed by atoms with Crippen LogP contribution in [0.25, 0.3) is 0 Å². The normalized spacial score (nSPS) is 20.0. The SMILES string of the molecule is C=C1CC=C[C]=C1OC1=[C]C=CCC1=C. The molecule has 1 heteroatoms. The number of ether oxygens (including phenoxy) is 1. The van der Waals surface area contributed by atoms with Gasteiger partial charge >= 0.3 is 0 Å². The van der Waals surface area contributed by atoms with Gasteiger partial charge in [0.2, 0.25) is 0 Å². The lowest BCUT2D eigenvalue weighted by Crippen LogP contribution is -2.01. The van der Waals surface area contributed by atoms with Crippen molar-refractivity contribution < 1.29 is 4.74 Å². The van der Waals surface area contributed by atoms with Crippen LogP contribution in [0.1, 0.15) is 12.8 Å². The minimum absolute atomic E-state index is 0.691. The largest absolute Gasteiger partial charge is 0.456 e. The van der Waals surface area contributed by atoms with Crippen molar-refractivity contribution in [2.75, 3.05) is 0 Å². The summed E-state index contributed by atoms with van der Waals surface area (Å²) in [6.07, 6.45) is 15.4. The Morgan fingerprint density at radius 2 is 1.40 bits per heavy atom. The lowest BCUT2D eigenvalue weighted by molar-refractivity contribution is 0.316. The van der Waals surface area contributed by atoms with Crippen LogP contribution in [0.15, 0.2) is 60.1 Å². The predicted molar refractivity (Wildman–Crippen MR) is 60.4 cm³/mol. The minimum Gasteiger partial charge on any atom is -0.456 e. The van der Waals surface area contributed by atoms with Gasteiger partial charge in [0, 0.05) is 12.2 Å². The van der Waals surface area contributed by atoms with E-state index in [1.54, 1.807) is 0 Å². The number of rotatable bonds is 2. The Kier molecular flexibility index (Phi) is 2.72. The van der Waals surface area contributed by atoms with Crippen molar-refractivity contribution in [1.82, 2.24) is 0 Å². The molecule has 0 unspecified atom stereocenters. The summed E-state index contributed by atoms with van der Waals surface area (Å²) in [6, 6.07) is 0. The van der Waals surface area contributed by atoms with Crippen molar-refractivity contribution in [1.29, 1.82) is 0 Å². The molecule has 0 aromatic heterocycles. The Balaban J connectivity index is 2.14. The summed E-state index contributed by atoms with van der Waals surface area (Å²) in [4.78, 5) is 0. The molecule has 0 aliphatic heterocycles. The van der Waals surface area contributed by atoms with E-state index in [-0.39, 0.29) is 0 Å². The Hall–Kier alpha value is -1.76. The van der Waals surface area contributed by atoms with Crippen molar-refractivity contribution in [3.8, 4) is 0 Å². The molecule has 15 heavy (non-hydrogen) atoms. The zero-order valence-corrected chi connectivity index (χ0v) is 8.55. The van der Waals surface area contributed by atoms with Crippen molar-refractivity contribution in [3.63, 3.8) is 0 Å². The molecule has 0 atom stereocenters. The summed E-state index contributed by atoms with van der Waals surface area (Å²) in [5.74, 6) is 1.38. The molecule has 0 heterocycles. The summed E-state index contributed by atoms with van der Waals surface area (Å²) < 4.78 is 5.67. The molecule has 0 N–H and O–H groups in total. The van der Waals surface area contributed by atoms with Crippen LogP contribution in [0.2, 0.25) is 0 Å². The van der Waals surface area contributed by atoms with Crippen molar-refractivity contribution in [2.45, 2.75) is 12.8 Å². The summed E-state index contributed by atoms with van der Waals surface area (Å²) in [5, 5.41) is 0. The highest BCUT2D eigenvalue weighted by atomic mass is 16.5. The highest BCUT2D eigenvalue weighted by Gasteiger charge is 2.12. The molecule has 0 saturated carbocycles. The first-order valence-corrected chi connectivity index (χ1v) is 4.88. The Labute approximate surface area is 90.4 Å². The van der Waals surface area contributed by atoms with Crippen molar-refractivity contribution in [3.05, 3.63) is 72.3 Å². The first-order valence-electron chi connectivity index (χ1n) is 4.88. The third-order valence-corrected chi connectivity index (χ3v) is 2.24. The van der Waals surface area contributed by atoms with Gasteiger partial charge in [-0.25, -0.2) is 0 Å². The zero-order valence-electron chi connectivity index (χ0n) is 8.55. The summed E-state index contributed by atoms with van der Waals surface area (Å²) in [5.41, 5.74) is 1.88. The minimum atomic E-state index is 0.691. The maximum absolute atomic E-state index is 5.67. The summed E-state index contributed by atoms with van der Waals surface area (Å²) in [7, 11) is 0. The van der Waals surface area contributed by atoms with Crippen LogP contribution in [0.4, 0.5) is 0 Å². The van der Waals surface area contributed by atoms with Gasteiger partial charge in [-0.3, -0.25) is 0 Å². The number of hydrogen-bond acceptors (Lipinski definition) is 1. The van der Waals surface area contributed by atoms with E-state index in [1.807, 2.05) is 24.3 Å². The average molecular weight is 196 g/mol. The second-order valence-corrected chi connectivity index (χ2v) is 3.47. The molecule has 0 aromatic rings. The molecule has 74 valence electrons. The molecule has 0 spiro atoms. The zero-order chi connectivity index (χ0) is 10.7. The monoisotopic (exact) mass is 196 g/mol. The van der Waals surface area contributed by atoms with E-state index < -0.39 is 0 Å². The highest BCUT2D eigenvalue weighted by molar-refractivity contribution is 5.36. The van der Waals surface area contributed by atoms with E-state index in [9.17, 15) is 0 Å². The van der Waals surface area contributed by atoms with Crippen LogP contribution in [-0.4, -0.2) is 0 Å². The lowest BCUT2D eigenvalue weighted by Gasteiger charge is -2.17. The first-order chi connectivity index (χ1) is 7.27. The van der Waals surface area contributed by atoms with Gasteiger partial charge in [-0.15, -0.1) is 0 Å². The molecular weight excluding hydrogens is 184 g/mol. The van der Waals surface area contributed by atoms with Crippen molar-refractivity contribution in [2.24, 2.45) is 0 Å². The number of allylic oxidation sites excluding steroid dienone is 8. The molecule has 0 amide bonds. The summed E-state index contributed by atoms with van der Waals surface area (Å²) in [6.45, 7) is 7.84. The molecular formula is C14H12O. The van der Waals surface area contributed by atoms with Gasteiger partial charge in [-0.05, 0) is 24.0 Å². The molecule has 0 bridgehead atoms. The fourth-order valence-electron chi connectivity index (χ4n) is 1.37. The van der Waals surface area contributed by atoms with Crippen LogP contribution in [0.3, 0.4) is 0 Å². The van der Waals surface area contributed by atoms with E-state index >= 15 is 0 Å². The molecule has 1 nitrogen and oxygen atoms in total. The smallest absolute Gasteiger partial charge is 0.138 e. The second kappa shape index (κ2) is 4.18. The van der Waals surface area contributed by atoms with Crippen LogP contribution in [0, 0.1) is 12.2 Å². The third kappa shape index (κ3) is 2.18. The van der Waals surface area contributed by atoms with Gasteiger partial charge in [0.05, 0.1) is 0 Å². The topological polar surface area (TPSA) is 9.23 Å². The Bertz CT molecular complexity index is 377. The molecule has 0 fully saturated rings. The lowest BCUT2D eigenvalue weighted by atomic mass is 10.1. The highest BCUT2D eigenvalue weighted by Crippen LogP contribution is 2.26. The van der Waals surface area contributed by atoms with Crippen LogP contribution in [-0.2, 0) is 4.74 Å². The predicted octanol–water partition coefficient (Wildman–Crippen LogP) is 3.41. The van der Waals surface area contributed by atoms with Gasteiger partial charge in [0.1, 0.15) is 11.5 Å². The Morgan fingerprint density at radius 1 is 0.933 bits per heavy atom. The van der Waals surface area contributed by atoms with Crippen LogP contribution >= 0.6 is 0 Å². The van der Waals surface area contributed by atoms with Gasteiger partial charge in [-0.2, -0.15) is 0 Å². The molecule has 0 aromatic carbocycles. The second-order valence-electron chi connectivity index (χ2n) is 3.47. The van der Waals surface area contributed by atoms with E-state index in [2.05, 4.69) is 25.3 Å². The number of hydrogen-bond donors (Lipinski definition) is 0. The standard InChI is InChI=1S/C14H12O/c1-11-7-3-5-9-13(11)15-14-10-6-4-8-12(14)2/h3-6H,1-2,7-8H2. The van der Waals surface area contributed by atoms with E-state index in [4.69, 9.17) is 4.74 Å². The molecule has 2 aliphatic rings. The van der Waals surface area contributed by atoms with E-state index in [0.29, 0.717) is 11.5 Å². The van der Waals surface area contributed by atoms with E-state index in [1.165, 1.54) is 0 Å². The third-order valence-electron chi connectivity index (χ3n) is 2.24. The first kappa shape index (κ1) is 9.78. The summed E-state index contributed by atoms with van der Waals surface area (Å²) >= 11 is 0.